The van der Waals surface area contributed by atoms with Crippen molar-refractivity contribution in [1.82, 2.24) is 0 Å². The van der Waals surface area contributed by atoms with Gasteiger partial charge in [-0.1, -0.05) is 24.4 Å². The van der Waals surface area contributed by atoms with E-state index in [0.717, 1.165) is 0 Å². The summed E-state index contributed by atoms with van der Waals surface area (Å²) in [5.41, 5.74) is 0.0951. The van der Waals surface area contributed by atoms with Gasteiger partial charge in [0, 0.05) is 28.1 Å². The highest BCUT2D eigenvalue weighted by Gasteiger charge is 2.54. The lowest BCUT2D eigenvalue weighted by atomic mass is 10.1. The maximum Gasteiger partial charge on any atom is 0.336 e. The Morgan fingerprint density at radius 2 is 1.78 bits per heavy atom. The lowest BCUT2D eigenvalue weighted by molar-refractivity contribution is -0.148. The molecule has 1 aromatic heterocycles. The first-order valence-corrected chi connectivity index (χ1v) is 11.9. The van der Waals surface area contributed by atoms with Crippen LogP contribution in [0.15, 0.2) is 62.6 Å². The van der Waals surface area contributed by atoms with Gasteiger partial charge in [-0.05, 0) is 49.2 Å². The van der Waals surface area contributed by atoms with Crippen molar-refractivity contribution < 1.29 is 27.1 Å². The van der Waals surface area contributed by atoms with Crippen molar-refractivity contribution in [2.45, 2.75) is 41.9 Å². The first kappa shape index (κ1) is 22.4. The SMILES string of the molecule is COc1ccc2c(COC(=O)C3(S(=O)(=O)c4ccc(Cl)cc4)CCCC3)cc(=O)oc2c1. The number of carbonyl (C=O) groups is 1. The van der Waals surface area contributed by atoms with E-state index in [1.54, 1.807) is 18.2 Å². The number of carbonyl (C=O) groups excluding carboxylic acids is 1. The van der Waals surface area contributed by atoms with Crippen molar-refractivity contribution in [2.24, 2.45) is 0 Å². The first-order chi connectivity index (χ1) is 15.3. The zero-order chi connectivity index (χ0) is 22.9. The van der Waals surface area contributed by atoms with Crippen LogP contribution in [-0.4, -0.2) is 26.2 Å². The van der Waals surface area contributed by atoms with Crippen molar-refractivity contribution in [3.05, 3.63) is 69.5 Å². The summed E-state index contributed by atoms with van der Waals surface area (Å²) in [6, 6.07) is 11.9. The molecule has 0 spiro atoms. The van der Waals surface area contributed by atoms with Crippen LogP contribution in [0.5, 0.6) is 5.75 Å². The first-order valence-electron chi connectivity index (χ1n) is 10.0. The van der Waals surface area contributed by atoms with Crippen molar-refractivity contribution in [1.29, 1.82) is 0 Å². The number of sulfone groups is 1. The number of hydrogen-bond acceptors (Lipinski definition) is 7. The molecule has 0 radical (unpaired) electrons. The van der Waals surface area contributed by atoms with E-state index in [9.17, 15) is 18.0 Å². The minimum atomic E-state index is -4.01. The van der Waals surface area contributed by atoms with Gasteiger partial charge in [-0.2, -0.15) is 0 Å². The Morgan fingerprint density at radius 3 is 2.44 bits per heavy atom. The Labute approximate surface area is 189 Å². The molecule has 3 aromatic rings. The Hall–Kier alpha value is -2.84. The van der Waals surface area contributed by atoms with Crippen LogP contribution in [0.3, 0.4) is 0 Å². The normalized spacial score (nSPS) is 15.6. The molecule has 32 heavy (non-hydrogen) atoms. The third-order valence-electron chi connectivity index (χ3n) is 5.82. The number of benzene rings is 2. The average Bonchev–Trinajstić information content (AvgIpc) is 3.29. The van der Waals surface area contributed by atoms with E-state index in [1.165, 1.54) is 37.4 Å². The van der Waals surface area contributed by atoms with E-state index < -0.39 is 26.2 Å². The highest BCUT2D eigenvalue weighted by molar-refractivity contribution is 7.93. The van der Waals surface area contributed by atoms with Crippen LogP contribution in [0.1, 0.15) is 31.2 Å². The Balaban J connectivity index is 1.65. The molecule has 0 unspecified atom stereocenters. The van der Waals surface area contributed by atoms with Gasteiger partial charge >= 0.3 is 11.6 Å². The minimum absolute atomic E-state index is 0.0265. The molecular formula is C23H21ClO7S. The highest BCUT2D eigenvalue weighted by atomic mass is 35.5. The van der Waals surface area contributed by atoms with E-state index in [4.69, 9.17) is 25.5 Å². The number of methoxy groups -OCH3 is 1. The molecule has 0 saturated heterocycles. The number of halogens is 1. The van der Waals surface area contributed by atoms with Gasteiger partial charge in [0.1, 0.15) is 17.9 Å². The van der Waals surface area contributed by atoms with Crippen LogP contribution in [0, 0.1) is 0 Å². The monoisotopic (exact) mass is 476 g/mol. The molecule has 1 saturated carbocycles. The smallest absolute Gasteiger partial charge is 0.336 e. The van der Waals surface area contributed by atoms with Gasteiger partial charge < -0.3 is 13.9 Å². The predicted octanol–water partition coefficient (Wildman–Crippen LogP) is 4.28. The van der Waals surface area contributed by atoms with E-state index in [0.29, 0.717) is 34.6 Å². The Kier molecular flexibility index (Phi) is 6.01. The van der Waals surface area contributed by atoms with Crippen LogP contribution >= 0.6 is 11.6 Å². The summed E-state index contributed by atoms with van der Waals surface area (Å²) >= 11 is 5.89. The minimum Gasteiger partial charge on any atom is -0.497 e. The van der Waals surface area contributed by atoms with Gasteiger partial charge in [0.05, 0.1) is 12.0 Å². The van der Waals surface area contributed by atoms with Crippen LogP contribution in [-0.2, 0) is 26.0 Å². The zero-order valence-electron chi connectivity index (χ0n) is 17.3. The maximum absolute atomic E-state index is 13.4. The predicted molar refractivity (Wildman–Crippen MR) is 119 cm³/mol. The standard InChI is InChI=1S/C23H21ClO7S/c1-29-17-6-9-19-15(12-21(25)31-20(19)13-17)14-30-22(26)23(10-2-3-11-23)32(27,28)18-7-4-16(24)5-8-18/h4-9,12-13H,2-3,10-11,14H2,1H3. The van der Waals surface area contributed by atoms with Crippen molar-refractivity contribution in [3.8, 4) is 5.75 Å². The van der Waals surface area contributed by atoms with Gasteiger partial charge in [0.25, 0.3) is 0 Å². The lowest BCUT2D eigenvalue weighted by Crippen LogP contribution is -2.45. The fourth-order valence-electron chi connectivity index (χ4n) is 4.10. The molecule has 0 N–H and O–H groups in total. The molecular weight excluding hydrogens is 456 g/mol. The Morgan fingerprint density at radius 1 is 1.09 bits per heavy atom. The lowest BCUT2D eigenvalue weighted by Gasteiger charge is -2.26. The van der Waals surface area contributed by atoms with Crippen molar-refractivity contribution in [3.63, 3.8) is 0 Å². The fraction of sp³-hybridized carbons (Fsp3) is 0.304. The summed E-state index contributed by atoms with van der Waals surface area (Å²) in [5.74, 6) is -0.311. The van der Waals surface area contributed by atoms with Crippen molar-refractivity contribution in [2.75, 3.05) is 7.11 Å². The Bertz CT molecular complexity index is 1320. The molecule has 1 aliphatic rings. The molecule has 2 aromatic carbocycles. The van der Waals surface area contributed by atoms with E-state index >= 15 is 0 Å². The van der Waals surface area contributed by atoms with Gasteiger partial charge in [0.2, 0.25) is 0 Å². The van der Waals surface area contributed by atoms with E-state index in [1.807, 2.05) is 0 Å². The second-order valence-corrected chi connectivity index (χ2v) is 10.4. The zero-order valence-corrected chi connectivity index (χ0v) is 18.9. The molecule has 0 amide bonds. The molecule has 7 nitrogen and oxygen atoms in total. The van der Waals surface area contributed by atoms with Crippen LogP contribution in [0.2, 0.25) is 5.02 Å². The van der Waals surface area contributed by atoms with Crippen molar-refractivity contribution >= 4 is 38.4 Å². The molecule has 0 bridgehead atoms. The number of esters is 1. The molecule has 4 rings (SSSR count). The summed E-state index contributed by atoms with van der Waals surface area (Å²) < 4.78 is 41.1. The van der Waals surface area contributed by atoms with Gasteiger partial charge in [-0.3, -0.25) is 4.79 Å². The molecule has 0 atom stereocenters. The summed E-state index contributed by atoms with van der Waals surface area (Å²) in [6.45, 7) is -0.259. The number of hydrogen-bond donors (Lipinski definition) is 0. The topological polar surface area (TPSA) is 99.9 Å². The maximum atomic E-state index is 13.4. The largest absolute Gasteiger partial charge is 0.497 e. The van der Waals surface area contributed by atoms with E-state index in [-0.39, 0.29) is 29.9 Å². The highest BCUT2D eigenvalue weighted by Crippen LogP contribution is 2.42. The molecule has 0 aliphatic heterocycles. The van der Waals surface area contributed by atoms with Gasteiger partial charge in [-0.15, -0.1) is 0 Å². The second-order valence-electron chi connectivity index (χ2n) is 7.69. The van der Waals surface area contributed by atoms with Gasteiger partial charge in [-0.25, -0.2) is 13.2 Å². The van der Waals surface area contributed by atoms with Crippen LogP contribution in [0.4, 0.5) is 0 Å². The summed E-state index contributed by atoms with van der Waals surface area (Å²) in [6.07, 6.45) is 1.54. The number of fused-ring (bicyclic) bond motifs is 1. The molecule has 1 fully saturated rings. The van der Waals surface area contributed by atoms with Gasteiger partial charge in [0.15, 0.2) is 14.6 Å². The summed E-state index contributed by atoms with van der Waals surface area (Å²) in [7, 11) is -2.52. The average molecular weight is 477 g/mol. The van der Waals surface area contributed by atoms with E-state index in [2.05, 4.69) is 0 Å². The molecule has 1 aliphatic carbocycles. The third kappa shape index (κ3) is 3.89. The fourth-order valence-corrected chi connectivity index (χ4v) is 6.28. The molecule has 9 heteroatoms. The van der Waals surface area contributed by atoms with Crippen LogP contribution in [0.25, 0.3) is 11.0 Å². The quantitative estimate of drug-likeness (QED) is 0.386. The van der Waals surface area contributed by atoms with Crippen LogP contribution < -0.4 is 10.4 Å². The molecule has 1 heterocycles. The second kappa shape index (κ2) is 8.60. The summed E-state index contributed by atoms with van der Waals surface area (Å²) in [4.78, 5) is 25.2. The number of ether oxygens (including phenoxy) is 2. The number of rotatable bonds is 6. The molecule has 168 valence electrons. The third-order valence-corrected chi connectivity index (χ3v) is 8.57. The summed E-state index contributed by atoms with van der Waals surface area (Å²) in [5, 5.41) is 0.970.